The Kier molecular flexibility index (Phi) is 6.07. The summed E-state index contributed by atoms with van der Waals surface area (Å²) in [7, 11) is 0. The molecule has 0 aliphatic carbocycles. The Bertz CT molecular complexity index is 1060. The zero-order valence-electron chi connectivity index (χ0n) is 16.8. The Morgan fingerprint density at radius 1 is 0.600 bits per heavy atom. The summed E-state index contributed by atoms with van der Waals surface area (Å²) in [5.41, 5.74) is 6.16. The largest absolute Gasteiger partial charge is 0.356 e. The van der Waals surface area contributed by atoms with Gasteiger partial charge >= 0.3 is 0 Å². The highest BCUT2D eigenvalue weighted by Crippen LogP contribution is 2.35. The Labute approximate surface area is 178 Å². The monoisotopic (exact) mass is 388 g/mol. The molecule has 0 aromatic heterocycles. The normalized spacial score (nSPS) is 11.0. The van der Waals surface area contributed by atoms with E-state index in [9.17, 15) is 0 Å². The van der Waals surface area contributed by atoms with Crippen LogP contribution in [0.3, 0.4) is 0 Å². The molecule has 0 spiro atoms. The summed E-state index contributed by atoms with van der Waals surface area (Å²) in [6.45, 7) is 4.27. The molecule has 0 radical (unpaired) electrons. The van der Waals surface area contributed by atoms with Crippen LogP contribution in [0.1, 0.15) is 5.56 Å². The molecule has 4 aromatic rings. The molecular formula is C28H24N2. The molecular weight excluding hydrogens is 364 g/mol. The lowest BCUT2D eigenvalue weighted by Gasteiger charge is -2.28. The summed E-state index contributed by atoms with van der Waals surface area (Å²) in [6.07, 6.45) is 2.10. The topological polar surface area (TPSA) is 15.3 Å². The standard InChI is InChI=1S/C28H24N2/c1-23(29-25-16-8-3-9-17-25)22-28(24-14-6-2-7-15-24)30(26-18-10-4-11-19-26)27-20-12-5-13-21-27/h2-22,29H,1H2. The summed E-state index contributed by atoms with van der Waals surface area (Å²) in [5.74, 6) is 0. The van der Waals surface area contributed by atoms with E-state index < -0.39 is 0 Å². The van der Waals surface area contributed by atoms with Gasteiger partial charge in [-0.25, -0.2) is 0 Å². The lowest BCUT2D eigenvalue weighted by atomic mass is 10.1. The van der Waals surface area contributed by atoms with Gasteiger partial charge in [0.1, 0.15) is 0 Å². The number of nitrogens with one attached hydrogen (secondary N) is 1. The molecule has 30 heavy (non-hydrogen) atoms. The van der Waals surface area contributed by atoms with Gasteiger partial charge in [0.05, 0.1) is 5.70 Å². The van der Waals surface area contributed by atoms with Crippen molar-refractivity contribution >= 4 is 22.8 Å². The van der Waals surface area contributed by atoms with E-state index in [2.05, 4.69) is 95.7 Å². The molecule has 0 aliphatic heterocycles. The average molecular weight is 389 g/mol. The van der Waals surface area contributed by atoms with Crippen LogP contribution in [0.15, 0.2) is 140 Å². The number of nitrogens with zero attached hydrogens (tertiary/aromatic N) is 1. The van der Waals surface area contributed by atoms with E-state index in [1.54, 1.807) is 0 Å². The van der Waals surface area contributed by atoms with Gasteiger partial charge in [-0.05, 0) is 48.0 Å². The van der Waals surface area contributed by atoms with Crippen LogP contribution in [0, 0.1) is 0 Å². The highest BCUT2D eigenvalue weighted by atomic mass is 15.1. The van der Waals surface area contributed by atoms with E-state index in [1.807, 2.05) is 48.5 Å². The Morgan fingerprint density at radius 3 is 1.53 bits per heavy atom. The summed E-state index contributed by atoms with van der Waals surface area (Å²) >= 11 is 0. The lowest BCUT2D eigenvalue weighted by molar-refractivity contribution is 1.28. The van der Waals surface area contributed by atoms with Crippen LogP contribution in [-0.4, -0.2) is 0 Å². The first-order valence-corrected chi connectivity index (χ1v) is 9.99. The third-order valence-electron chi connectivity index (χ3n) is 4.73. The van der Waals surface area contributed by atoms with Crippen LogP contribution in [0.5, 0.6) is 0 Å². The van der Waals surface area contributed by atoms with E-state index >= 15 is 0 Å². The number of para-hydroxylation sites is 3. The number of hydrogen-bond donors (Lipinski definition) is 1. The minimum absolute atomic E-state index is 0.817. The van der Waals surface area contributed by atoms with Crippen LogP contribution in [0.2, 0.25) is 0 Å². The third kappa shape index (κ3) is 4.68. The molecule has 0 atom stereocenters. The molecule has 2 nitrogen and oxygen atoms in total. The maximum atomic E-state index is 4.27. The van der Waals surface area contributed by atoms with Gasteiger partial charge in [-0.2, -0.15) is 0 Å². The van der Waals surface area contributed by atoms with E-state index in [-0.39, 0.29) is 0 Å². The van der Waals surface area contributed by atoms with Crippen LogP contribution in [0.25, 0.3) is 5.70 Å². The Morgan fingerprint density at radius 2 is 1.03 bits per heavy atom. The molecule has 0 saturated carbocycles. The molecule has 2 heteroatoms. The number of allylic oxidation sites excluding steroid dienone is 1. The Balaban J connectivity index is 1.81. The first kappa shape index (κ1) is 19.3. The highest BCUT2D eigenvalue weighted by Gasteiger charge is 2.16. The minimum Gasteiger partial charge on any atom is -0.356 e. The smallest absolute Gasteiger partial charge is 0.0554 e. The van der Waals surface area contributed by atoms with Crippen LogP contribution in [0.4, 0.5) is 17.1 Å². The molecule has 1 N–H and O–H groups in total. The Hall–Kier alpha value is -4.04. The molecule has 0 unspecified atom stereocenters. The van der Waals surface area contributed by atoms with E-state index in [4.69, 9.17) is 0 Å². The van der Waals surface area contributed by atoms with Gasteiger partial charge in [0.15, 0.2) is 0 Å². The lowest BCUT2D eigenvalue weighted by Crippen LogP contribution is -2.16. The van der Waals surface area contributed by atoms with Crippen molar-refractivity contribution in [3.05, 3.63) is 145 Å². The SMILES string of the molecule is C=C(C=C(c1ccccc1)N(c1ccccc1)c1ccccc1)Nc1ccccc1. The van der Waals surface area contributed by atoms with Gasteiger partial charge in [-0.15, -0.1) is 0 Å². The van der Waals surface area contributed by atoms with E-state index in [0.29, 0.717) is 0 Å². The van der Waals surface area contributed by atoms with Gasteiger partial charge in [-0.3, -0.25) is 0 Å². The van der Waals surface area contributed by atoms with Crippen molar-refractivity contribution in [1.82, 2.24) is 0 Å². The van der Waals surface area contributed by atoms with Gasteiger partial charge in [0.25, 0.3) is 0 Å². The van der Waals surface area contributed by atoms with Crippen molar-refractivity contribution in [1.29, 1.82) is 0 Å². The zero-order valence-corrected chi connectivity index (χ0v) is 16.8. The van der Waals surface area contributed by atoms with E-state index in [1.165, 1.54) is 0 Å². The molecule has 146 valence electrons. The summed E-state index contributed by atoms with van der Waals surface area (Å²) < 4.78 is 0. The molecule has 4 rings (SSSR count). The first-order valence-electron chi connectivity index (χ1n) is 9.99. The quantitative estimate of drug-likeness (QED) is 0.330. The van der Waals surface area contributed by atoms with Gasteiger partial charge < -0.3 is 10.2 Å². The van der Waals surface area contributed by atoms with Crippen molar-refractivity contribution in [2.24, 2.45) is 0 Å². The maximum absolute atomic E-state index is 4.27. The molecule has 0 heterocycles. The second kappa shape index (κ2) is 9.44. The number of anilines is 3. The molecule has 0 amide bonds. The maximum Gasteiger partial charge on any atom is 0.0554 e. The predicted molar refractivity (Wildman–Crippen MR) is 129 cm³/mol. The molecule has 4 aromatic carbocycles. The summed E-state index contributed by atoms with van der Waals surface area (Å²) in [6, 6.07) is 41.3. The highest BCUT2D eigenvalue weighted by molar-refractivity contribution is 5.89. The van der Waals surface area contributed by atoms with Crippen molar-refractivity contribution in [2.75, 3.05) is 10.2 Å². The predicted octanol–water partition coefficient (Wildman–Crippen LogP) is 7.49. The van der Waals surface area contributed by atoms with E-state index in [0.717, 1.165) is 34.0 Å². The second-order valence-corrected chi connectivity index (χ2v) is 6.92. The summed E-state index contributed by atoms with van der Waals surface area (Å²) in [5, 5.41) is 3.40. The second-order valence-electron chi connectivity index (χ2n) is 6.92. The van der Waals surface area contributed by atoms with Gasteiger partial charge in [0.2, 0.25) is 0 Å². The minimum atomic E-state index is 0.817. The van der Waals surface area contributed by atoms with Crippen LogP contribution in [-0.2, 0) is 0 Å². The van der Waals surface area contributed by atoms with Crippen molar-refractivity contribution in [3.8, 4) is 0 Å². The van der Waals surface area contributed by atoms with Gasteiger partial charge in [-0.1, -0.05) is 91.5 Å². The molecule has 0 fully saturated rings. The fraction of sp³-hybridized carbons (Fsp3) is 0. The fourth-order valence-electron chi connectivity index (χ4n) is 3.38. The average Bonchev–Trinajstić information content (AvgIpc) is 2.81. The molecule has 0 bridgehead atoms. The van der Waals surface area contributed by atoms with Crippen molar-refractivity contribution in [3.63, 3.8) is 0 Å². The number of benzene rings is 4. The van der Waals surface area contributed by atoms with Crippen molar-refractivity contribution < 1.29 is 0 Å². The third-order valence-corrected chi connectivity index (χ3v) is 4.73. The zero-order chi connectivity index (χ0) is 20.6. The van der Waals surface area contributed by atoms with Gasteiger partial charge in [0, 0.05) is 22.8 Å². The number of rotatable bonds is 7. The summed E-state index contributed by atoms with van der Waals surface area (Å²) in [4.78, 5) is 2.26. The molecule has 0 aliphatic rings. The molecule has 0 saturated heterocycles. The van der Waals surface area contributed by atoms with Crippen LogP contribution < -0.4 is 10.2 Å². The van der Waals surface area contributed by atoms with Crippen molar-refractivity contribution in [2.45, 2.75) is 0 Å². The fourth-order valence-corrected chi connectivity index (χ4v) is 3.38. The van der Waals surface area contributed by atoms with Crippen LogP contribution >= 0.6 is 0 Å². The first-order chi connectivity index (χ1) is 14.8. The number of hydrogen-bond acceptors (Lipinski definition) is 2.